The Morgan fingerprint density at radius 3 is 2.55 bits per heavy atom. The van der Waals surface area contributed by atoms with Crippen molar-refractivity contribution in [3.05, 3.63) is 89.0 Å². The number of fused-ring (bicyclic) bond motifs is 2. The normalized spacial score (nSPS) is 20.5. The number of rotatable bonds is 2. The summed E-state index contributed by atoms with van der Waals surface area (Å²) in [5.74, 6) is -1.42. The van der Waals surface area contributed by atoms with Gasteiger partial charge in [0, 0.05) is 40.4 Å². The first-order chi connectivity index (χ1) is 15.9. The number of nitrogens with zero attached hydrogens (tertiary/aromatic N) is 3. The molecule has 3 heterocycles. The number of Topliss-reactive ketones (excluding diaryl/α,β-unsaturated/α-hetero) is 1. The fourth-order valence-corrected chi connectivity index (χ4v) is 4.90. The highest BCUT2D eigenvalue weighted by Crippen LogP contribution is 2.46. The molecule has 166 valence electrons. The van der Waals surface area contributed by atoms with Gasteiger partial charge in [-0.15, -0.1) is 5.10 Å². The minimum absolute atomic E-state index is 0.0159. The molecular formula is C24H18F3N5O. The number of aromatic nitrogens is 4. The van der Waals surface area contributed by atoms with Gasteiger partial charge in [-0.3, -0.25) is 4.79 Å². The lowest BCUT2D eigenvalue weighted by atomic mass is 9.78. The van der Waals surface area contributed by atoms with Crippen molar-refractivity contribution in [3.8, 4) is 0 Å². The van der Waals surface area contributed by atoms with Crippen LogP contribution in [-0.2, 0) is 11.0 Å². The molecule has 0 amide bonds. The third-order valence-electron chi connectivity index (χ3n) is 6.36. The van der Waals surface area contributed by atoms with Crippen molar-refractivity contribution in [1.29, 1.82) is 0 Å². The van der Waals surface area contributed by atoms with E-state index in [9.17, 15) is 18.0 Å². The van der Waals surface area contributed by atoms with Crippen LogP contribution in [0, 0.1) is 0 Å². The molecule has 9 heteroatoms. The minimum Gasteiger partial charge on any atom is -0.361 e. The summed E-state index contributed by atoms with van der Waals surface area (Å²) in [5.41, 5.74) is 3.58. The second-order valence-corrected chi connectivity index (χ2v) is 8.35. The second kappa shape index (κ2) is 7.06. The SMILES string of the molecule is O=C1CC(c2ccccc2)CC2=C1C(c1c[nH]c3ccccc13)n1nc(C(F)(F)F)nc1N2. The first-order valence-electron chi connectivity index (χ1n) is 10.6. The van der Waals surface area contributed by atoms with Crippen LogP contribution in [0.2, 0.25) is 0 Å². The van der Waals surface area contributed by atoms with Crippen LogP contribution >= 0.6 is 0 Å². The number of alkyl halides is 3. The number of nitrogens with one attached hydrogen (secondary N) is 2. The van der Waals surface area contributed by atoms with E-state index in [1.54, 1.807) is 6.20 Å². The zero-order valence-electron chi connectivity index (χ0n) is 17.2. The summed E-state index contributed by atoms with van der Waals surface area (Å²) in [7, 11) is 0. The van der Waals surface area contributed by atoms with Gasteiger partial charge in [-0.25, -0.2) is 4.68 Å². The topological polar surface area (TPSA) is 75.6 Å². The van der Waals surface area contributed by atoms with Gasteiger partial charge in [-0.2, -0.15) is 18.2 Å². The van der Waals surface area contributed by atoms with E-state index in [0.29, 0.717) is 23.3 Å². The fraction of sp³-hybridized carbons (Fsp3) is 0.208. The smallest absolute Gasteiger partial charge is 0.361 e. The lowest BCUT2D eigenvalue weighted by Crippen LogP contribution is -2.33. The van der Waals surface area contributed by atoms with Gasteiger partial charge in [-0.1, -0.05) is 48.5 Å². The number of aromatic amines is 1. The predicted molar refractivity (Wildman–Crippen MR) is 116 cm³/mol. The van der Waals surface area contributed by atoms with Crippen LogP contribution in [0.5, 0.6) is 0 Å². The highest BCUT2D eigenvalue weighted by Gasteiger charge is 2.44. The van der Waals surface area contributed by atoms with Crippen LogP contribution in [0.25, 0.3) is 10.9 Å². The molecule has 2 unspecified atom stereocenters. The number of halogens is 3. The maximum atomic E-state index is 13.5. The molecule has 2 aromatic heterocycles. The number of ketones is 1. The van der Waals surface area contributed by atoms with E-state index in [4.69, 9.17) is 0 Å². The summed E-state index contributed by atoms with van der Waals surface area (Å²) >= 11 is 0. The van der Waals surface area contributed by atoms with Gasteiger partial charge in [0.1, 0.15) is 6.04 Å². The first kappa shape index (κ1) is 19.8. The molecule has 2 aromatic carbocycles. The maximum absolute atomic E-state index is 13.5. The number of benzene rings is 2. The van der Waals surface area contributed by atoms with E-state index in [1.165, 1.54) is 4.68 Å². The van der Waals surface area contributed by atoms with Crippen LogP contribution in [0.4, 0.5) is 19.1 Å². The van der Waals surface area contributed by atoms with Gasteiger partial charge in [0.2, 0.25) is 5.95 Å². The van der Waals surface area contributed by atoms with E-state index in [2.05, 4.69) is 20.4 Å². The van der Waals surface area contributed by atoms with E-state index in [-0.39, 0.29) is 24.1 Å². The Kier molecular flexibility index (Phi) is 4.23. The average Bonchev–Trinajstić information content (AvgIpc) is 3.42. The Hall–Kier alpha value is -3.88. The van der Waals surface area contributed by atoms with Crippen LogP contribution in [0.3, 0.4) is 0 Å². The summed E-state index contributed by atoms with van der Waals surface area (Å²) < 4.78 is 41.6. The van der Waals surface area contributed by atoms with Gasteiger partial charge >= 0.3 is 6.18 Å². The fourth-order valence-electron chi connectivity index (χ4n) is 4.90. The molecule has 33 heavy (non-hydrogen) atoms. The molecule has 6 rings (SSSR count). The van der Waals surface area contributed by atoms with Crippen molar-refractivity contribution >= 4 is 22.6 Å². The Labute approximate surface area is 186 Å². The lowest BCUT2D eigenvalue weighted by Gasteiger charge is -2.35. The van der Waals surface area contributed by atoms with Crippen molar-refractivity contribution in [3.63, 3.8) is 0 Å². The van der Waals surface area contributed by atoms with Crippen LogP contribution in [-0.4, -0.2) is 25.5 Å². The van der Waals surface area contributed by atoms with Crippen molar-refractivity contribution in [1.82, 2.24) is 19.7 Å². The van der Waals surface area contributed by atoms with Crippen LogP contribution < -0.4 is 5.32 Å². The first-order valence-corrected chi connectivity index (χ1v) is 10.6. The van der Waals surface area contributed by atoms with Crippen molar-refractivity contribution < 1.29 is 18.0 Å². The molecule has 2 N–H and O–H groups in total. The van der Waals surface area contributed by atoms with Gasteiger partial charge in [0.25, 0.3) is 5.82 Å². The highest BCUT2D eigenvalue weighted by atomic mass is 19.4. The molecular weight excluding hydrogens is 431 g/mol. The predicted octanol–water partition coefficient (Wildman–Crippen LogP) is 5.19. The molecule has 2 aliphatic rings. The number of H-pyrrole nitrogens is 1. The highest BCUT2D eigenvalue weighted by molar-refractivity contribution is 6.01. The number of hydrogen-bond donors (Lipinski definition) is 2. The van der Waals surface area contributed by atoms with Gasteiger partial charge in [0.15, 0.2) is 5.78 Å². The van der Waals surface area contributed by atoms with E-state index >= 15 is 0 Å². The number of allylic oxidation sites excluding steroid dienone is 2. The van der Waals surface area contributed by atoms with E-state index in [0.717, 1.165) is 16.5 Å². The monoisotopic (exact) mass is 449 g/mol. The van der Waals surface area contributed by atoms with Crippen LogP contribution in [0.1, 0.15) is 41.8 Å². The summed E-state index contributed by atoms with van der Waals surface area (Å²) in [6.07, 6.45) is -2.19. The average molecular weight is 449 g/mol. The lowest BCUT2D eigenvalue weighted by molar-refractivity contribution is -0.145. The van der Waals surface area contributed by atoms with Crippen molar-refractivity contribution in [2.45, 2.75) is 31.0 Å². The van der Waals surface area contributed by atoms with Gasteiger partial charge in [-0.05, 0) is 24.0 Å². The van der Waals surface area contributed by atoms with Gasteiger partial charge < -0.3 is 10.3 Å². The van der Waals surface area contributed by atoms with Gasteiger partial charge in [0.05, 0.1) is 0 Å². The Morgan fingerprint density at radius 2 is 1.76 bits per heavy atom. The summed E-state index contributed by atoms with van der Waals surface area (Å²) in [6, 6.07) is 16.4. The summed E-state index contributed by atoms with van der Waals surface area (Å²) in [5, 5.41) is 7.61. The van der Waals surface area contributed by atoms with Crippen molar-refractivity contribution in [2.24, 2.45) is 0 Å². The van der Waals surface area contributed by atoms with E-state index < -0.39 is 18.0 Å². The Morgan fingerprint density at radius 1 is 1.00 bits per heavy atom. The number of carbonyl (C=O) groups is 1. The third kappa shape index (κ3) is 3.14. The molecule has 0 fully saturated rings. The molecule has 0 spiro atoms. The van der Waals surface area contributed by atoms with E-state index in [1.807, 2.05) is 54.6 Å². The minimum atomic E-state index is -4.70. The zero-order valence-corrected chi connectivity index (χ0v) is 17.2. The maximum Gasteiger partial charge on any atom is 0.453 e. The standard InChI is InChI=1S/C24H18F3N5O/c25-24(26,27)22-30-23-29-18-10-14(13-6-2-1-3-7-13)11-19(33)20(18)21(32(23)31-22)16-12-28-17-9-5-4-8-15(16)17/h1-9,12,14,21,28H,10-11H2,(H,29,30,31). The molecule has 1 aliphatic heterocycles. The zero-order chi connectivity index (χ0) is 22.7. The molecule has 0 bridgehead atoms. The number of carbonyl (C=O) groups excluding carboxylic acids is 1. The molecule has 0 saturated carbocycles. The molecule has 0 radical (unpaired) electrons. The Balaban J connectivity index is 1.53. The molecule has 2 atom stereocenters. The number of anilines is 1. The molecule has 6 nitrogen and oxygen atoms in total. The largest absolute Gasteiger partial charge is 0.453 e. The third-order valence-corrected chi connectivity index (χ3v) is 6.36. The quantitative estimate of drug-likeness (QED) is 0.442. The molecule has 1 aliphatic carbocycles. The van der Waals surface area contributed by atoms with Crippen molar-refractivity contribution in [2.75, 3.05) is 5.32 Å². The summed E-state index contributed by atoms with van der Waals surface area (Å²) in [6.45, 7) is 0. The molecule has 0 saturated heterocycles. The number of para-hydroxylation sites is 1. The molecule has 4 aromatic rings. The Bertz CT molecular complexity index is 1420. The van der Waals surface area contributed by atoms with Crippen LogP contribution in [0.15, 0.2) is 72.1 Å². The summed E-state index contributed by atoms with van der Waals surface area (Å²) in [4.78, 5) is 20.4. The second-order valence-electron chi connectivity index (χ2n) is 8.35. The number of hydrogen-bond acceptors (Lipinski definition) is 4.